The molecule has 0 aliphatic rings. The summed E-state index contributed by atoms with van der Waals surface area (Å²) in [5, 5.41) is 7.45. The fourth-order valence-corrected chi connectivity index (χ4v) is 1.60. The van der Waals surface area contributed by atoms with E-state index >= 15 is 0 Å². The van der Waals surface area contributed by atoms with Gasteiger partial charge < -0.3 is 10.1 Å². The van der Waals surface area contributed by atoms with Gasteiger partial charge in [0.25, 0.3) is 0 Å². The molecule has 0 fully saturated rings. The molecule has 106 valence electrons. The van der Waals surface area contributed by atoms with Crippen molar-refractivity contribution in [2.24, 2.45) is 5.41 Å². The molecule has 6 nitrogen and oxygen atoms in total. The summed E-state index contributed by atoms with van der Waals surface area (Å²) in [6, 6.07) is -0.360. The molecule has 0 saturated heterocycles. The van der Waals surface area contributed by atoms with Gasteiger partial charge in [0.05, 0.1) is 12.0 Å². The lowest BCUT2D eigenvalue weighted by atomic mass is 9.91. The van der Waals surface area contributed by atoms with Crippen molar-refractivity contribution in [2.45, 2.75) is 27.2 Å². The van der Waals surface area contributed by atoms with Gasteiger partial charge in [-0.2, -0.15) is 0 Å². The van der Waals surface area contributed by atoms with Crippen LogP contribution in [0.5, 0.6) is 0 Å². The van der Waals surface area contributed by atoms with E-state index in [2.05, 4.69) is 15.6 Å². The standard InChI is InChI=1S/C12H19N3O3S/c1-4-12(2,3)9(16)18-7-5-13-10(17)15-11-14-6-8-19-11/h6,8H,4-5,7H2,1-3H3,(H2,13,14,15,17). The van der Waals surface area contributed by atoms with Crippen LogP contribution >= 0.6 is 11.3 Å². The lowest BCUT2D eigenvalue weighted by Gasteiger charge is -2.20. The van der Waals surface area contributed by atoms with Crippen LogP contribution in [0.2, 0.25) is 0 Å². The van der Waals surface area contributed by atoms with Crippen LogP contribution in [-0.2, 0) is 9.53 Å². The first-order chi connectivity index (χ1) is 8.95. The third kappa shape index (κ3) is 5.25. The first-order valence-corrected chi connectivity index (χ1v) is 6.95. The van der Waals surface area contributed by atoms with E-state index in [1.165, 1.54) is 11.3 Å². The normalized spacial score (nSPS) is 10.9. The van der Waals surface area contributed by atoms with Crippen molar-refractivity contribution >= 4 is 28.5 Å². The molecule has 2 N–H and O–H groups in total. The molecule has 0 saturated carbocycles. The second kappa shape index (κ2) is 7.08. The first-order valence-electron chi connectivity index (χ1n) is 6.07. The van der Waals surface area contributed by atoms with Crippen LogP contribution in [0.1, 0.15) is 27.2 Å². The Kier molecular flexibility index (Phi) is 5.75. The maximum atomic E-state index is 11.6. The molecule has 0 aliphatic carbocycles. The summed E-state index contributed by atoms with van der Waals surface area (Å²) in [5.74, 6) is -0.253. The minimum absolute atomic E-state index is 0.160. The molecule has 0 radical (unpaired) electrons. The highest BCUT2D eigenvalue weighted by Crippen LogP contribution is 2.21. The van der Waals surface area contributed by atoms with E-state index in [0.29, 0.717) is 11.6 Å². The third-order valence-corrected chi connectivity index (χ3v) is 3.40. The number of ether oxygens (including phenoxy) is 1. The largest absolute Gasteiger partial charge is 0.463 e. The van der Waals surface area contributed by atoms with Gasteiger partial charge in [-0.15, -0.1) is 11.3 Å². The topological polar surface area (TPSA) is 80.3 Å². The van der Waals surface area contributed by atoms with Crippen LogP contribution in [0.15, 0.2) is 11.6 Å². The molecule has 2 amide bonds. The maximum Gasteiger partial charge on any atom is 0.321 e. The number of nitrogens with zero attached hydrogens (tertiary/aromatic N) is 1. The predicted octanol–water partition coefficient (Wildman–Crippen LogP) is 2.24. The molecule has 0 aromatic carbocycles. The first kappa shape index (κ1) is 15.4. The summed E-state index contributed by atoms with van der Waals surface area (Å²) in [6.45, 7) is 6.02. The second-order valence-electron chi connectivity index (χ2n) is 4.59. The summed E-state index contributed by atoms with van der Waals surface area (Å²) in [4.78, 5) is 27.0. The molecule has 0 spiro atoms. The molecule has 1 aromatic heterocycles. The molecule has 0 bridgehead atoms. The van der Waals surface area contributed by atoms with E-state index in [1.807, 2.05) is 20.8 Å². The Morgan fingerprint density at radius 3 is 2.79 bits per heavy atom. The van der Waals surface area contributed by atoms with Gasteiger partial charge in [-0.25, -0.2) is 9.78 Å². The van der Waals surface area contributed by atoms with Crippen molar-refractivity contribution in [3.8, 4) is 0 Å². The number of carbonyl (C=O) groups is 2. The Labute approximate surface area is 116 Å². The summed E-state index contributed by atoms with van der Waals surface area (Å²) >= 11 is 1.33. The molecule has 1 aromatic rings. The van der Waals surface area contributed by atoms with Gasteiger partial charge in [0.15, 0.2) is 5.13 Å². The number of anilines is 1. The van der Waals surface area contributed by atoms with E-state index in [9.17, 15) is 9.59 Å². The lowest BCUT2D eigenvalue weighted by molar-refractivity contribution is -0.153. The number of nitrogens with one attached hydrogen (secondary N) is 2. The molecular weight excluding hydrogens is 266 g/mol. The highest BCUT2D eigenvalue weighted by atomic mass is 32.1. The van der Waals surface area contributed by atoms with Crippen molar-refractivity contribution in [1.29, 1.82) is 0 Å². The van der Waals surface area contributed by atoms with E-state index in [0.717, 1.165) is 0 Å². The third-order valence-electron chi connectivity index (χ3n) is 2.71. The summed E-state index contributed by atoms with van der Waals surface area (Å²) in [5.41, 5.74) is -0.483. The molecule has 0 aliphatic heterocycles. The Bertz CT molecular complexity index is 418. The van der Waals surface area contributed by atoms with Gasteiger partial charge in [-0.1, -0.05) is 6.92 Å². The van der Waals surface area contributed by atoms with Crippen molar-refractivity contribution in [3.05, 3.63) is 11.6 Å². The van der Waals surface area contributed by atoms with E-state index < -0.39 is 5.41 Å². The number of urea groups is 1. The van der Waals surface area contributed by atoms with Gasteiger partial charge in [0, 0.05) is 11.6 Å². The molecule has 7 heteroatoms. The second-order valence-corrected chi connectivity index (χ2v) is 5.49. The Balaban J connectivity index is 2.17. The zero-order chi connectivity index (χ0) is 14.3. The zero-order valence-corrected chi connectivity index (χ0v) is 12.2. The lowest BCUT2D eigenvalue weighted by Crippen LogP contribution is -2.33. The summed E-state index contributed by atoms with van der Waals surface area (Å²) in [6.07, 6.45) is 2.32. The van der Waals surface area contributed by atoms with Crippen LogP contribution in [0.25, 0.3) is 0 Å². The van der Waals surface area contributed by atoms with Gasteiger partial charge in [0.2, 0.25) is 0 Å². The van der Waals surface area contributed by atoms with Crippen LogP contribution in [0, 0.1) is 5.41 Å². The molecular formula is C12H19N3O3S. The van der Waals surface area contributed by atoms with Crippen LogP contribution in [0.4, 0.5) is 9.93 Å². The van der Waals surface area contributed by atoms with Crippen LogP contribution in [0.3, 0.4) is 0 Å². The maximum absolute atomic E-state index is 11.6. The van der Waals surface area contributed by atoms with Crippen molar-refractivity contribution < 1.29 is 14.3 Å². The Morgan fingerprint density at radius 1 is 1.47 bits per heavy atom. The monoisotopic (exact) mass is 285 g/mol. The average molecular weight is 285 g/mol. The SMILES string of the molecule is CCC(C)(C)C(=O)OCCNC(=O)Nc1nccs1. The van der Waals surface area contributed by atoms with Crippen LogP contribution < -0.4 is 10.6 Å². The van der Waals surface area contributed by atoms with Gasteiger partial charge >= 0.3 is 12.0 Å². The summed E-state index contributed by atoms with van der Waals surface area (Å²) in [7, 11) is 0. The average Bonchev–Trinajstić information content (AvgIpc) is 2.87. The Hall–Kier alpha value is -1.63. The number of hydrogen-bond acceptors (Lipinski definition) is 5. The number of esters is 1. The fraction of sp³-hybridized carbons (Fsp3) is 0.583. The van der Waals surface area contributed by atoms with Crippen molar-refractivity contribution in [1.82, 2.24) is 10.3 Å². The number of rotatable bonds is 6. The highest BCUT2D eigenvalue weighted by Gasteiger charge is 2.26. The highest BCUT2D eigenvalue weighted by molar-refractivity contribution is 7.13. The summed E-state index contributed by atoms with van der Waals surface area (Å²) < 4.78 is 5.09. The molecule has 1 rings (SSSR count). The zero-order valence-electron chi connectivity index (χ0n) is 11.4. The van der Waals surface area contributed by atoms with E-state index in [-0.39, 0.29) is 25.2 Å². The van der Waals surface area contributed by atoms with Gasteiger partial charge in [0.1, 0.15) is 6.61 Å². The smallest absolute Gasteiger partial charge is 0.321 e. The Morgan fingerprint density at radius 2 is 2.21 bits per heavy atom. The minimum atomic E-state index is -0.483. The van der Waals surface area contributed by atoms with Crippen molar-refractivity contribution in [3.63, 3.8) is 0 Å². The molecule has 0 atom stereocenters. The fourth-order valence-electron chi connectivity index (χ4n) is 1.07. The number of carbonyl (C=O) groups excluding carboxylic acids is 2. The van der Waals surface area contributed by atoms with E-state index in [4.69, 9.17) is 4.74 Å². The quantitative estimate of drug-likeness (QED) is 0.620. The number of amides is 2. The van der Waals surface area contributed by atoms with Crippen LogP contribution in [-0.4, -0.2) is 30.1 Å². The minimum Gasteiger partial charge on any atom is -0.463 e. The van der Waals surface area contributed by atoms with Gasteiger partial charge in [-0.3, -0.25) is 10.1 Å². The predicted molar refractivity (Wildman–Crippen MR) is 74.2 cm³/mol. The number of thiazole rings is 1. The molecule has 0 unspecified atom stereocenters. The van der Waals surface area contributed by atoms with Gasteiger partial charge in [-0.05, 0) is 20.3 Å². The van der Waals surface area contributed by atoms with Crippen molar-refractivity contribution in [2.75, 3.05) is 18.5 Å². The van der Waals surface area contributed by atoms with E-state index in [1.54, 1.807) is 11.6 Å². The molecule has 1 heterocycles. The molecule has 19 heavy (non-hydrogen) atoms. The number of hydrogen-bond donors (Lipinski definition) is 2. The number of aromatic nitrogens is 1.